The summed E-state index contributed by atoms with van der Waals surface area (Å²) in [6.45, 7) is 2.22. The molecule has 5 heteroatoms. The minimum Gasteiger partial charge on any atom is -0.356 e. The highest BCUT2D eigenvalue weighted by Crippen LogP contribution is 2.42. The van der Waals surface area contributed by atoms with Crippen molar-refractivity contribution in [3.63, 3.8) is 0 Å². The van der Waals surface area contributed by atoms with E-state index in [1.165, 1.54) is 73.0 Å². The summed E-state index contributed by atoms with van der Waals surface area (Å²) in [5.41, 5.74) is 2.57. The van der Waals surface area contributed by atoms with Gasteiger partial charge in [0.25, 0.3) is 0 Å². The van der Waals surface area contributed by atoms with Gasteiger partial charge in [0.2, 0.25) is 0 Å². The van der Waals surface area contributed by atoms with Gasteiger partial charge in [-0.2, -0.15) is 0 Å². The van der Waals surface area contributed by atoms with Crippen LogP contribution >= 0.6 is 22.9 Å². The van der Waals surface area contributed by atoms with E-state index < -0.39 is 0 Å². The van der Waals surface area contributed by atoms with Crippen LogP contribution in [0.3, 0.4) is 0 Å². The van der Waals surface area contributed by atoms with Crippen molar-refractivity contribution in [2.24, 2.45) is 0 Å². The van der Waals surface area contributed by atoms with Crippen LogP contribution < -0.4 is 4.90 Å². The Morgan fingerprint density at radius 3 is 2.37 bits per heavy atom. The van der Waals surface area contributed by atoms with Crippen LogP contribution in [0.2, 0.25) is 5.02 Å². The average Bonchev–Trinajstić information content (AvgIpc) is 3.22. The van der Waals surface area contributed by atoms with Crippen LogP contribution in [-0.4, -0.2) is 23.1 Å². The lowest BCUT2D eigenvalue weighted by molar-refractivity contribution is 0.554. The molecule has 27 heavy (non-hydrogen) atoms. The lowest BCUT2D eigenvalue weighted by atomic mass is 10.1. The molecule has 1 saturated heterocycles. The molecule has 1 aliphatic carbocycles. The molecule has 5 rings (SSSR count). The van der Waals surface area contributed by atoms with Gasteiger partial charge < -0.3 is 4.90 Å². The predicted molar refractivity (Wildman–Crippen MR) is 115 cm³/mol. The Kier molecular flexibility index (Phi) is 4.78. The third kappa shape index (κ3) is 3.34. The van der Waals surface area contributed by atoms with Crippen molar-refractivity contribution >= 4 is 39.0 Å². The Morgan fingerprint density at radius 1 is 0.852 bits per heavy atom. The van der Waals surface area contributed by atoms with Crippen molar-refractivity contribution < 1.29 is 0 Å². The first kappa shape index (κ1) is 17.4. The van der Waals surface area contributed by atoms with Gasteiger partial charge >= 0.3 is 0 Å². The Bertz CT molecular complexity index is 956. The third-order valence-electron chi connectivity index (χ3n) is 5.80. The molecule has 0 spiro atoms. The fourth-order valence-electron chi connectivity index (χ4n) is 4.39. The molecule has 2 aromatic heterocycles. The normalized spacial score (nSPS) is 17.7. The summed E-state index contributed by atoms with van der Waals surface area (Å²) in [5.74, 6) is 2.00. The van der Waals surface area contributed by atoms with Crippen LogP contribution in [0.4, 0.5) is 5.82 Å². The van der Waals surface area contributed by atoms with Gasteiger partial charge in [-0.1, -0.05) is 30.9 Å². The van der Waals surface area contributed by atoms with Crippen LogP contribution in [-0.2, 0) is 12.8 Å². The minimum atomic E-state index is 0.749. The number of fused-ring (bicyclic) bond motifs is 3. The van der Waals surface area contributed by atoms with Gasteiger partial charge in [-0.25, -0.2) is 9.97 Å². The Morgan fingerprint density at radius 2 is 1.59 bits per heavy atom. The maximum absolute atomic E-state index is 6.08. The largest absolute Gasteiger partial charge is 0.356 e. The van der Waals surface area contributed by atoms with Crippen molar-refractivity contribution in [3.8, 4) is 11.4 Å². The molecule has 2 aliphatic rings. The van der Waals surface area contributed by atoms with Crippen LogP contribution in [0.25, 0.3) is 21.6 Å². The van der Waals surface area contributed by atoms with Gasteiger partial charge in [0.1, 0.15) is 10.6 Å². The number of aromatic nitrogens is 2. The lowest BCUT2D eigenvalue weighted by Crippen LogP contribution is -2.28. The standard InChI is InChI=1S/C22H24ClN3S/c23-16-11-9-15(10-12-16)20-24-21(26-13-4-2-1-3-5-14-26)19-17-7-6-8-18(17)27-22(19)25-20/h9-12H,1-8,13-14H2. The number of thiophene rings is 1. The molecule has 0 atom stereocenters. The Hall–Kier alpha value is -1.65. The number of halogens is 1. The van der Waals surface area contributed by atoms with E-state index in [2.05, 4.69) is 4.90 Å². The van der Waals surface area contributed by atoms with Crippen LogP contribution in [0, 0.1) is 0 Å². The molecule has 1 aliphatic heterocycles. The Balaban J connectivity index is 1.66. The summed E-state index contributed by atoms with van der Waals surface area (Å²) >= 11 is 7.97. The molecule has 0 unspecified atom stereocenters. The summed E-state index contributed by atoms with van der Waals surface area (Å²) in [6, 6.07) is 7.91. The van der Waals surface area contributed by atoms with Crippen molar-refractivity contribution in [2.45, 2.75) is 51.4 Å². The topological polar surface area (TPSA) is 29.0 Å². The molecule has 1 aromatic carbocycles. The fraction of sp³-hybridized carbons (Fsp3) is 0.455. The summed E-state index contributed by atoms with van der Waals surface area (Å²) in [4.78, 5) is 15.3. The van der Waals surface area contributed by atoms with E-state index in [-0.39, 0.29) is 0 Å². The first-order valence-electron chi connectivity index (χ1n) is 10.1. The number of anilines is 1. The van der Waals surface area contributed by atoms with Crippen molar-refractivity contribution in [2.75, 3.05) is 18.0 Å². The maximum atomic E-state index is 6.08. The summed E-state index contributed by atoms with van der Waals surface area (Å²) in [5, 5.41) is 2.09. The molecule has 0 amide bonds. The van der Waals surface area contributed by atoms with E-state index in [1.54, 1.807) is 0 Å². The minimum absolute atomic E-state index is 0.749. The van der Waals surface area contributed by atoms with E-state index in [4.69, 9.17) is 21.6 Å². The number of benzene rings is 1. The fourth-order valence-corrected chi connectivity index (χ4v) is 5.77. The highest BCUT2D eigenvalue weighted by atomic mass is 35.5. The average molecular weight is 398 g/mol. The molecular weight excluding hydrogens is 374 g/mol. The zero-order valence-corrected chi connectivity index (χ0v) is 17.1. The second kappa shape index (κ2) is 7.40. The zero-order chi connectivity index (χ0) is 18.2. The van der Waals surface area contributed by atoms with Crippen LogP contribution in [0.1, 0.15) is 49.0 Å². The molecule has 0 N–H and O–H groups in total. The highest BCUT2D eigenvalue weighted by molar-refractivity contribution is 7.19. The number of aryl methyl sites for hydroxylation is 2. The molecule has 140 valence electrons. The third-order valence-corrected chi connectivity index (χ3v) is 7.24. The van der Waals surface area contributed by atoms with Gasteiger partial charge in [-0.05, 0) is 61.9 Å². The van der Waals surface area contributed by atoms with Crippen molar-refractivity contribution in [1.82, 2.24) is 9.97 Å². The zero-order valence-electron chi connectivity index (χ0n) is 15.5. The summed E-state index contributed by atoms with van der Waals surface area (Å²) in [6.07, 6.45) is 10.2. The molecular formula is C22H24ClN3S. The predicted octanol–water partition coefficient (Wildman–Crippen LogP) is 6.27. The quantitative estimate of drug-likeness (QED) is 0.510. The number of hydrogen-bond donors (Lipinski definition) is 0. The van der Waals surface area contributed by atoms with E-state index in [0.29, 0.717) is 0 Å². The van der Waals surface area contributed by atoms with E-state index in [1.807, 2.05) is 35.6 Å². The molecule has 0 radical (unpaired) electrons. The second-order valence-corrected chi connectivity index (χ2v) is 9.19. The molecule has 3 nitrogen and oxygen atoms in total. The van der Waals surface area contributed by atoms with Crippen molar-refractivity contribution in [3.05, 3.63) is 39.7 Å². The number of rotatable bonds is 2. The van der Waals surface area contributed by atoms with E-state index >= 15 is 0 Å². The maximum Gasteiger partial charge on any atom is 0.163 e. The van der Waals surface area contributed by atoms with E-state index in [9.17, 15) is 0 Å². The number of hydrogen-bond acceptors (Lipinski definition) is 4. The van der Waals surface area contributed by atoms with Gasteiger partial charge in [0.05, 0.1) is 5.39 Å². The summed E-state index contributed by atoms with van der Waals surface area (Å²) < 4.78 is 0. The molecule has 0 saturated carbocycles. The van der Waals surface area contributed by atoms with Crippen LogP contribution in [0.15, 0.2) is 24.3 Å². The van der Waals surface area contributed by atoms with Crippen LogP contribution in [0.5, 0.6) is 0 Å². The molecule has 1 fully saturated rings. The molecule has 0 bridgehead atoms. The highest BCUT2D eigenvalue weighted by Gasteiger charge is 2.25. The lowest BCUT2D eigenvalue weighted by Gasteiger charge is -2.27. The SMILES string of the molecule is Clc1ccc(-c2nc(N3CCCCCCC3)c3c4c(sc3n2)CCC4)cc1. The van der Waals surface area contributed by atoms with E-state index in [0.717, 1.165) is 34.3 Å². The second-order valence-electron chi connectivity index (χ2n) is 7.67. The monoisotopic (exact) mass is 397 g/mol. The first-order chi connectivity index (χ1) is 13.3. The number of nitrogens with zero attached hydrogens (tertiary/aromatic N) is 3. The van der Waals surface area contributed by atoms with Crippen molar-refractivity contribution in [1.29, 1.82) is 0 Å². The molecule has 3 aromatic rings. The van der Waals surface area contributed by atoms with Gasteiger partial charge in [-0.15, -0.1) is 11.3 Å². The van der Waals surface area contributed by atoms with Gasteiger partial charge in [0, 0.05) is 28.6 Å². The Labute approximate surface area is 169 Å². The van der Waals surface area contributed by atoms with Gasteiger partial charge in [0.15, 0.2) is 5.82 Å². The smallest absolute Gasteiger partial charge is 0.163 e. The molecule has 3 heterocycles. The summed E-state index contributed by atoms with van der Waals surface area (Å²) in [7, 11) is 0. The van der Waals surface area contributed by atoms with Gasteiger partial charge in [-0.3, -0.25) is 0 Å². The first-order valence-corrected chi connectivity index (χ1v) is 11.3.